The summed E-state index contributed by atoms with van der Waals surface area (Å²) < 4.78 is 0. The first-order valence-electron chi connectivity index (χ1n) is 50.8. The molecule has 0 bridgehead atoms. The Kier molecular flexibility index (Phi) is 67.3. The molecule has 0 saturated carbocycles. The topological polar surface area (TPSA) is 510 Å². The van der Waals surface area contributed by atoms with E-state index >= 15 is 0 Å². The van der Waals surface area contributed by atoms with Crippen molar-refractivity contribution >= 4 is 93.8 Å². The average Bonchev–Trinajstić information content (AvgIpc) is 0.840. The fourth-order valence-corrected chi connectivity index (χ4v) is 12.9. The monoisotopic (exact) mass is 2020 g/mol. The summed E-state index contributed by atoms with van der Waals surface area (Å²) in [5.41, 5.74) is -0.732. The second kappa shape index (κ2) is 66.1. The Balaban J connectivity index is -0.000000386. The number of aliphatic hydroxyl groups is 6. The summed E-state index contributed by atoms with van der Waals surface area (Å²) in [6.45, 7) is 83.8. The Morgan fingerprint density at radius 2 is 0.493 bits per heavy atom. The van der Waals surface area contributed by atoms with Gasteiger partial charge >= 0.3 is 24.1 Å². The quantitative estimate of drug-likeness (QED) is 0.0270. The molecule has 6 atom stereocenters. The summed E-state index contributed by atoms with van der Waals surface area (Å²) in [6.07, 6.45) is 2.50. The molecule has 1 rings (SSSR count). The smallest absolute Gasteiger partial charge is 0.319 e. The van der Waals surface area contributed by atoms with Crippen molar-refractivity contribution in [3.8, 4) is 0 Å². The molecule has 828 valence electrons. The zero-order valence-electron chi connectivity index (χ0n) is 96.7. The minimum absolute atomic E-state index is 0.00771. The van der Waals surface area contributed by atoms with Crippen molar-refractivity contribution in [2.45, 2.75) is 508 Å². The normalized spacial score (nSPS) is 13.5. The first-order chi connectivity index (χ1) is 63.3. The van der Waals surface area contributed by atoms with Crippen LogP contribution in [0.4, 0.5) is 24.9 Å². The summed E-state index contributed by atoms with van der Waals surface area (Å²) in [5, 5.41) is 88.7. The molecule has 32 heteroatoms. The second-order valence-electron chi connectivity index (χ2n) is 53.6. The van der Waals surface area contributed by atoms with Gasteiger partial charge < -0.3 is 89.1 Å². The van der Waals surface area contributed by atoms with E-state index in [9.17, 15) is 103 Å². The van der Waals surface area contributed by atoms with E-state index in [-0.39, 0.29) is 126 Å². The minimum atomic E-state index is -1.97. The fraction of sp³-hybridized carbons (Fsp3) is 0.809. The number of carbonyl (C=O) groups is 15. The van der Waals surface area contributed by atoms with Crippen molar-refractivity contribution in [3.63, 3.8) is 0 Å². The number of benzene rings is 1. The van der Waals surface area contributed by atoms with Gasteiger partial charge in [-0.25, -0.2) is 19.2 Å². The molecule has 0 saturated heterocycles. The van der Waals surface area contributed by atoms with Crippen LogP contribution in [-0.2, 0) is 59.2 Å². The molecule has 142 heavy (non-hydrogen) atoms. The molecular formula is C110H207N11O21. The first-order valence-corrected chi connectivity index (χ1v) is 50.8. The number of urea groups is 4. The molecule has 32 nitrogen and oxygen atoms in total. The van der Waals surface area contributed by atoms with Gasteiger partial charge in [0, 0.05) is 161 Å². The lowest BCUT2D eigenvalue weighted by Crippen LogP contribution is -2.55. The molecule has 11 amide bonds. The van der Waals surface area contributed by atoms with E-state index in [1.54, 1.807) is 62.3 Å². The van der Waals surface area contributed by atoms with E-state index in [4.69, 9.17) is 0 Å². The molecule has 0 aliphatic heterocycles. The highest BCUT2D eigenvalue weighted by Gasteiger charge is 2.40. The van der Waals surface area contributed by atoms with Crippen LogP contribution in [0.3, 0.4) is 0 Å². The highest BCUT2D eigenvalue weighted by molar-refractivity contribution is 5.93. The number of anilines is 1. The van der Waals surface area contributed by atoms with Gasteiger partial charge in [0.2, 0.25) is 5.91 Å². The number of rotatable bonds is 42. The molecule has 1 aromatic rings. The summed E-state index contributed by atoms with van der Waals surface area (Å²) >= 11 is 0. The third-order valence-electron chi connectivity index (χ3n) is 18.2. The molecule has 0 spiro atoms. The Morgan fingerprint density at radius 1 is 0.232 bits per heavy atom. The van der Waals surface area contributed by atoms with E-state index in [1.807, 2.05) is 170 Å². The second-order valence-corrected chi connectivity index (χ2v) is 53.6. The number of ketones is 8. The molecule has 0 unspecified atom stereocenters. The molecule has 0 aliphatic rings. The van der Waals surface area contributed by atoms with Crippen LogP contribution in [-0.4, -0.2) is 215 Å². The van der Waals surface area contributed by atoms with Crippen LogP contribution in [0.1, 0.15) is 438 Å². The van der Waals surface area contributed by atoms with Crippen LogP contribution in [0.25, 0.3) is 0 Å². The number of hydrogen-bond acceptors (Lipinski definition) is 21. The SMILES string of the molecule is CC(C)(C)CC(=O)CC(C)(C)C.CC(C)(C)CC(=O)CCC(=O)NC(C)(C)C.CC(C)(C)CC(=O)CCCCCNC(=O)NC(C)(C)C.CC(C)(C)CC(=O)CCCNC(=O)NCCCCCC(=O)CCCNC(=O)NC(C)(C)C.CC(C)(C)CC(=O)Cc1ccc(NC(=O)NC(C)(C)C)cc1.CC(C)(C)CC(=O)[C@@H](O)[C@H](O)C(=O)NC(C)(C)C.CC(C)(C)CC(=O)[C@@H](O)[C@H](O)[C@@H](O)[C@H](O)C(=O)NC(C)(C)C. The van der Waals surface area contributed by atoms with Gasteiger partial charge in [0.1, 0.15) is 59.1 Å². The van der Waals surface area contributed by atoms with Gasteiger partial charge in [0.05, 0.1) is 0 Å². The number of amides is 11. The van der Waals surface area contributed by atoms with Gasteiger partial charge in [-0.15, -0.1) is 0 Å². The molecule has 0 aromatic heterocycles. The lowest BCUT2D eigenvalue weighted by atomic mass is 9.83. The van der Waals surface area contributed by atoms with Crippen molar-refractivity contribution in [1.29, 1.82) is 0 Å². The number of unbranched alkanes of at least 4 members (excludes halogenated alkanes) is 4. The van der Waals surface area contributed by atoms with Crippen LogP contribution in [0.5, 0.6) is 0 Å². The molecule has 0 aliphatic carbocycles. The number of carbonyl (C=O) groups excluding carboxylic acids is 15. The molecule has 1 aromatic carbocycles. The van der Waals surface area contributed by atoms with Crippen molar-refractivity contribution < 1.29 is 103 Å². The highest BCUT2D eigenvalue weighted by atomic mass is 16.4. The van der Waals surface area contributed by atoms with Crippen LogP contribution < -0.4 is 58.5 Å². The zero-order chi connectivity index (χ0) is 113. The first kappa shape index (κ1) is 145. The molecule has 0 radical (unpaired) electrons. The van der Waals surface area contributed by atoms with Crippen LogP contribution in [0.15, 0.2) is 24.3 Å². The third kappa shape index (κ3) is 102. The van der Waals surface area contributed by atoms with Gasteiger partial charge in [-0.2, -0.15) is 0 Å². The lowest BCUT2D eigenvalue weighted by molar-refractivity contribution is -0.156. The maximum atomic E-state index is 12.0. The highest BCUT2D eigenvalue weighted by Crippen LogP contribution is 2.29. The maximum Gasteiger partial charge on any atom is 0.319 e. The molecule has 0 heterocycles. The number of hydrogen-bond donors (Lipinski definition) is 17. The van der Waals surface area contributed by atoms with Gasteiger partial charge in [0.25, 0.3) is 11.8 Å². The number of Topliss-reactive ketones (excluding diaryl/α,β-unsaturated/α-hetero) is 8. The Bertz CT molecular complexity index is 3680. The zero-order valence-corrected chi connectivity index (χ0v) is 96.7. The van der Waals surface area contributed by atoms with E-state index in [0.717, 1.165) is 44.1 Å². The van der Waals surface area contributed by atoms with Crippen molar-refractivity contribution in [2.24, 2.45) is 43.3 Å². The maximum absolute atomic E-state index is 12.0. The van der Waals surface area contributed by atoms with Gasteiger partial charge in [0.15, 0.2) is 23.8 Å². The summed E-state index contributed by atoms with van der Waals surface area (Å²) in [4.78, 5) is 175. The summed E-state index contributed by atoms with van der Waals surface area (Å²) in [6, 6.07) is 6.62. The Labute approximate surface area is 858 Å². The largest absolute Gasteiger partial charge is 0.387 e. The van der Waals surface area contributed by atoms with Gasteiger partial charge in [-0.3, -0.25) is 52.7 Å². The van der Waals surface area contributed by atoms with Crippen LogP contribution >= 0.6 is 0 Å². The van der Waals surface area contributed by atoms with Crippen LogP contribution in [0.2, 0.25) is 0 Å². The minimum Gasteiger partial charge on any atom is -0.387 e. The predicted octanol–water partition coefficient (Wildman–Crippen LogP) is 18.0. The molecular weight excluding hydrogens is 1810 g/mol. The molecule has 0 fully saturated rings. The number of nitrogens with one attached hydrogen (secondary N) is 11. The van der Waals surface area contributed by atoms with E-state index in [1.165, 1.54) is 0 Å². The van der Waals surface area contributed by atoms with Gasteiger partial charge in [-0.1, -0.05) is 191 Å². The summed E-state index contributed by atoms with van der Waals surface area (Å²) in [7, 11) is 0. The standard InChI is InChI=1S/C24H46N4O4.C18H28N2O2.C16H32N2O2.C15H29NO6.C13H25NO4.C13H25NO2.C11H22O/c1-23(2,3)18-20(30)14-11-16-26-21(31)25-15-9-7-8-12-19(29)13-10-17-27-22(32)28-24(4,5)6;1-17(2,3)12-15(21)11-13-7-9-14(10-8-13)19-16(22)20-18(4,5)6;1-15(2,3)12-13(19)10-8-7-9-11-17-14(20)18-16(4,5)6;1-14(2,3)7-8(17)9(18)10(19)11(20)12(21)13(22)16-15(4,5)6;1-12(2,3)7-8(15)9(16)10(17)11(18)14-13(4,5)6;1-12(2,3)9-10(15)7-8-11(16)14-13(4,5)6;1-10(2,3)7-9(12)8-11(4,5)6/h7-18H2,1-6H3,(H2,25,26,31)(H2,27,28,32);7-10H,11-12H2,1-6H3,(H2,19,20,22);7-12H2,1-6H3,(H2,17,18,20);9-12,18-21H,7H2,1-6H3,(H,16,22);9-10,16-17H,7H2,1-6H3,(H,14,18);7-9H2,1-6H3,(H,14,16);7-8H2,1-6H3/t;;;9-,10+,11-,12+;9-,10+;;/m...11../s1. The van der Waals surface area contributed by atoms with E-state index in [2.05, 4.69) is 142 Å². The van der Waals surface area contributed by atoms with Crippen LogP contribution in [0, 0.1) is 43.3 Å². The number of aliphatic hydroxyl groups excluding tert-OH is 6. The fourth-order valence-electron chi connectivity index (χ4n) is 12.9. The Hall–Kier alpha value is -8.17. The van der Waals surface area contributed by atoms with Gasteiger partial charge in [-0.05, 0) is 224 Å². The van der Waals surface area contributed by atoms with Crippen molar-refractivity contribution in [2.75, 3.05) is 31.5 Å². The average molecular weight is 2020 g/mol. The van der Waals surface area contributed by atoms with E-state index in [0.29, 0.717) is 140 Å². The predicted molar refractivity (Wildman–Crippen MR) is 573 cm³/mol. The summed E-state index contributed by atoms with van der Waals surface area (Å²) in [5.74, 6) is -1.31. The lowest BCUT2D eigenvalue weighted by Gasteiger charge is -2.29. The Morgan fingerprint density at radius 3 is 0.824 bits per heavy atom. The molecule has 17 N–H and O–H groups in total. The third-order valence-corrected chi connectivity index (χ3v) is 18.2. The van der Waals surface area contributed by atoms with Crippen molar-refractivity contribution in [3.05, 3.63) is 29.8 Å². The van der Waals surface area contributed by atoms with Crippen molar-refractivity contribution in [1.82, 2.24) is 53.2 Å². The van der Waals surface area contributed by atoms with E-state index < -0.39 is 76.5 Å².